The maximum absolute atomic E-state index is 13.5. The number of aromatic nitrogens is 1. The van der Waals surface area contributed by atoms with E-state index in [0.717, 1.165) is 16.7 Å². The Kier molecular flexibility index (Phi) is 7.16. The number of nitrogens with zero attached hydrogens (tertiary/aromatic N) is 3. The highest BCUT2D eigenvalue weighted by Crippen LogP contribution is 2.44. The van der Waals surface area contributed by atoms with Gasteiger partial charge in [0.2, 0.25) is 0 Å². The first-order chi connectivity index (χ1) is 17.2. The molecule has 0 N–H and O–H groups in total. The van der Waals surface area contributed by atoms with E-state index >= 15 is 0 Å². The molecule has 2 amide bonds. The highest BCUT2D eigenvalue weighted by Gasteiger charge is 2.34. The average Bonchev–Trinajstić information content (AvgIpc) is 2.95. The van der Waals surface area contributed by atoms with Gasteiger partial charge >= 0.3 is 12.2 Å². The highest BCUT2D eigenvalue weighted by molar-refractivity contribution is 6.31. The third kappa shape index (κ3) is 6.01. The Bertz CT molecular complexity index is 1260. The molecule has 0 bridgehead atoms. The first-order valence-electron chi connectivity index (χ1n) is 12.3. The maximum Gasteiger partial charge on any atom is 0.420 e. The summed E-state index contributed by atoms with van der Waals surface area (Å²) in [7, 11) is 0. The van der Waals surface area contributed by atoms with Crippen LogP contribution in [0.3, 0.4) is 0 Å². The quantitative estimate of drug-likeness (QED) is 0.396. The van der Waals surface area contributed by atoms with Crippen molar-refractivity contribution < 1.29 is 23.8 Å². The van der Waals surface area contributed by atoms with Crippen molar-refractivity contribution in [2.24, 2.45) is 0 Å². The zero-order valence-electron chi connectivity index (χ0n) is 22.5. The van der Waals surface area contributed by atoms with Gasteiger partial charge in [0.25, 0.3) is 0 Å². The number of hydrogen-bond acceptors (Lipinski definition) is 6. The molecule has 2 aliphatic heterocycles. The van der Waals surface area contributed by atoms with E-state index < -0.39 is 17.3 Å². The van der Waals surface area contributed by atoms with Crippen molar-refractivity contribution in [2.45, 2.75) is 72.7 Å². The van der Waals surface area contributed by atoms with Crippen molar-refractivity contribution in [1.29, 1.82) is 0 Å². The van der Waals surface area contributed by atoms with Gasteiger partial charge in [0, 0.05) is 19.3 Å². The molecule has 2 aliphatic rings. The summed E-state index contributed by atoms with van der Waals surface area (Å²) in [4.78, 5) is 33.6. The number of pyridine rings is 1. The van der Waals surface area contributed by atoms with Gasteiger partial charge < -0.3 is 19.1 Å². The Balaban J connectivity index is 1.74. The van der Waals surface area contributed by atoms with Crippen LogP contribution in [-0.4, -0.2) is 46.4 Å². The minimum absolute atomic E-state index is 0.169. The van der Waals surface area contributed by atoms with Crippen LogP contribution in [0.25, 0.3) is 5.57 Å². The van der Waals surface area contributed by atoms with Crippen LogP contribution in [0.15, 0.2) is 30.5 Å². The second-order valence-corrected chi connectivity index (χ2v) is 11.7. The third-order valence-corrected chi connectivity index (χ3v) is 6.21. The van der Waals surface area contributed by atoms with E-state index in [9.17, 15) is 9.59 Å². The van der Waals surface area contributed by atoms with E-state index in [2.05, 4.69) is 4.98 Å². The maximum atomic E-state index is 13.5. The summed E-state index contributed by atoms with van der Waals surface area (Å²) in [6, 6.07) is 5.62. The monoisotopic (exact) mass is 527 g/mol. The fourth-order valence-corrected chi connectivity index (χ4v) is 4.45. The molecule has 4 rings (SSSR count). The molecule has 1 aromatic heterocycles. The fraction of sp³-hybridized carbons (Fsp3) is 0.464. The largest absolute Gasteiger partial charge is 0.486 e. The number of carbonyl (C=O) groups excluding carboxylic acids is 2. The summed E-state index contributed by atoms with van der Waals surface area (Å²) in [6.07, 6.45) is 3.33. The van der Waals surface area contributed by atoms with E-state index in [1.165, 1.54) is 4.90 Å². The van der Waals surface area contributed by atoms with Crippen molar-refractivity contribution in [1.82, 2.24) is 9.88 Å². The van der Waals surface area contributed by atoms with Gasteiger partial charge in [-0.1, -0.05) is 17.7 Å². The van der Waals surface area contributed by atoms with E-state index in [-0.39, 0.29) is 12.7 Å². The van der Waals surface area contributed by atoms with Gasteiger partial charge in [-0.15, -0.1) is 0 Å². The molecule has 0 fully saturated rings. The van der Waals surface area contributed by atoms with Crippen LogP contribution in [0.5, 0.6) is 5.75 Å². The van der Waals surface area contributed by atoms with E-state index in [1.54, 1.807) is 17.2 Å². The van der Waals surface area contributed by atoms with Crippen molar-refractivity contribution in [3.8, 4) is 5.75 Å². The Morgan fingerprint density at radius 3 is 2.35 bits per heavy atom. The standard InChI is InChI=1S/C28H34ClN3O5/c1-17-14-19(18-9-12-31(13-10-18)25(33)36-27(2,3)4)15-22-23(17)35-16-20-21(29)8-11-30-24(20)32(22)26(34)37-28(5,6)7/h8-9,11,14-15H,10,12-13,16H2,1-7H3. The highest BCUT2D eigenvalue weighted by atomic mass is 35.5. The van der Waals surface area contributed by atoms with Crippen LogP contribution in [-0.2, 0) is 16.1 Å². The molecule has 0 aliphatic carbocycles. The second kappa shape index (κ2) is 9.89. The normalized spacial score (nSPS) is 15.6. The summed E-state index contributed by atoms with van der Waals surface area (Å²) in [6.45, 7) is 14.1. The van der Waals surface area contributed by atoms with Gasteiger partial charge in [-0.3, -0.25) is 0 Å². The Morgan fingerprint density at radius 2 is 1.73 bits per heavy atom. The lowest BCUT2D eigenvalue weighted by Crippen LogP contribution is -2.39. The first-order valence-corrected chi connectivity index (χ1v) is 12.7. The minimum atomic E-state index is -0.715. The molecule has 37 heavy (non-hydrogen) atoms. The minimum Gasteiger partial charge on any atom is -0.486 e. The first kappa shape index (κ1) is 26.8. The number of hydrogen-bond donors (Lipinski definition) is 0. The van der Waals surface area contributed by atoms with Crippen LogP contribution in [0.1, 0.15) is 64.7 Å². The van der Waals surface area contributed by atoms with Crippen molar-refractivity contribution >= 4 is 40.9 Å². The molecule has 3 heterocycles. The average molecular weight is 528 g/mol. The van der Waals surface area contributed by atoms with Gasteiger partial charge in [-0.25, -0.2) is 19.5 Å². The van der Waals surface area contributed by atoms with E-state index in [1.807, 2.05) is 66.7 Å². The molecule has 0 radical (unpaired) electrons. The van der Waals surface area contributed by atoms with Crippen LogP contribution < -0.4 is 9.64 Å². The topological polar surface area (TPSA) is 81.2 Å². The number of rotatable bonds is 1. The zero-order chi connectivity index (χ0) is 27.1. The Labute approximate surface area is 223 Å². The van der Waals surface area contributed by atoms with Gasteiger partial charge in [0.15, 0.2) is 5.82 Å². The van der Waals surface area contributed by atoms with Gasteiger partial charge in [-0.05, 0) is 89.8 Å². The van der Waals surface area contributed by atoms with Crippen molar-refractivity contribution in [3.63, 3.8) is 0 Å². The third-order valence-electron chi connectivity index (χ3n) is 5.85. The zero-order valence-corrected chi connectivity index (χ0v) is 23.2. The molecule has 0 atom stereocenters. The number of ether oxygens (including phenoxy) is 3. The fourth-order valence-electron chi connectivity index (χ4n) is 4.25. The number of halogens is 1. The van der Waals surface area contributed by atoms with Gasteiger partial charge in [-0.2, -0.15) is 0 Å². The Hall–Kier alpha value is -3.26. The summed E-state index contributed by atoms with van der Waals surface area (Å²) in [5, 5.41) is 0.460. The number of aryl methyl sites for hydroxylation is 1. The number of amides is 2. The second-order valence-electron chi connectivity index (χ2n) is 11.2. The lowest BCUT2D eigenvalue weighted by atomic mass is 9.96. The lowest BCUT2D eigenvalue weighted by Gasteiger charge is -2.30. The molecule has 8 nitrogen and oxygen atoms in total. The van der Waals surface area contributed by atoms with Gasteiger partial charge in [0.05, 0.1) is 16.3 Å². The molecular formula is C28H34ClN3O5. The number of benzene rings is 1. The van der Waals surface area contributed by atoms with Crippen LogP contribution in [0.4, 0.5) is 21.1 Å². The lowest BCUT2D eigenvalue weighted by molar-refractivity contribution is 0.0270. The van der Waals surface area contributed by atoms with Crippen LogP contribution in [0, 0.1) is 6.92 Å². The van der Waals surface area contributed by atoms with E-state index in [4.69, 9.17) is 25.8 Å². The summed E-state index contributed by atoms with van der Waals surface area (Å²) < 4.78 is 17.5. The number of carbonyl (C=O) groups is 2. The molecule has 9 heteroatoms. The number of fused-ring (bicyclic) bond motifs is 2. The van der Waals surface area contributed by atoms with Crippen molar-refractivity contribution in [3.05, 3.63) is 52.2 Å². The molecule has 0 spiro atoms. The summed E-state index contributed by atoms with van der Waals surface area (Å²) >= 11 is 6.48. The van der Waals surface area contributed by atoms with E-state index in [0.29, 0.717) is 47.4 Å². The molecule has 1 aromatic carbocycles. The molecule has 198 valence electrons. The van der Waals surface area contributed by atoms with Crippen molar-refractivity contribution in [2.75, 3.05) is 18.0 Å². The van der Waals surface area contributed by atoms with Crippen LogP contribution in [0.2, 0.25) is 5.02 Å². The van der Waals surface area contributed by atoms with Crippen LogP contribution >= 0.6 is 11.6 Å². The molecule has 2 aromatic rings. The Morgan fingerprint density at radius 1 is 1.05 bits per heavy atom. The smallest absolute Gasteiger partial charge is 0.420 e. The summed E-state index contributed by atoms with van der Waals surface area (Å²) in [5.74, 6) is 0.946. The predicted molar refractivity (Wildman–Crippen MR) is 144 cm³/mol. The molecule has 0 unspecified atom stereocenters. The molecule has 0 saturated heterocycles. The molecular weight excluding hydrogens is 494 g/mol. The molecule has 0 saturated carbocycles. The predicted octanol–water partition coefficient (Wildman–Crippen LogP) is 7.03. The van der Waals surface area contributed by atoms with Gasteiger partial charge in [0.1, 0.15) is 23.6 Å². The SMILES string of the molecule is Cc1cc(C2=CCN(C(=O)OC(C)(C)C)CC2)cc2c1OCc1c(Cl)ccnc1N2C(=O)OC(C)(C)C. The number of anilines is 2. The summed E-state index contributed by atoms with van der Waals surface area (Å²) in [5.41, 5.74) is 2.74.